The maximum absolute atomic E-state index is 13.7. The van der Waals surface area contributed by atoms with Crippen LogP contribution in [0.3, 0.4) is 0 Å². The van der Waals surface area contributed by atoms with Gasteiger partial charge in [-0.05, 0) is 71.3 Å². The number of aliphatic carboxylic acids is 1. The summed E-state index contributed by atoms with van der Waals surface area (Å²) in [7, 11) is 0. The number of carbonyl (C=O) groups is 2. The van der Waals surface area contributed by atoms with Crippen molar-refractivity contribution in [2.24, 2.45) is 5.92 Å². The van der Waals surface area contributed by atoms with Crippen molar-refractivity contribution in [3.05, 3.63) is 88.5 Å². The van der Waals surface area contributed by atoms with Crippen LogP contribution in [0.1, 0.15) is 74.4 Å². The smallest absolute Gasteiger partial charge is 0.309 e. The van der Waals surface area contributed by atoms with Crippen molar-refractivity contribution in [2.45, 2.75) is 65.8 Å². The predicted molar refractivity (Wildman–Crippen MR) is 164 cm³/mol. The van der Waals surface area contributed by atoms with E-state index < -0.39 is 17.9 Å². The van der Waals surface area contributed by atoms with E-state index in [1.54, 1.807) is 0 Å². The van der Waals surface area contributed by atoms with Gasteiger partial charge in [-0.25, -0.2) is 0 Å². The summed E-state index contributed by atoms with van der Waals surface area (Å²) in [5.74, 6) is 0.153. The number of benzene rings is 3. The van der Waals surface area contributed by atoms with Crippen LogP contribution in [0.25, 0.3) is 0 Å². The van der Waals surface area contributed by atoms with E-state index in [1.807, 2.05) is 42.5 Å². The van der Waals surface area contributed by atoms with Gasteiger partial charge < -0.3 is 19.3 Å². The van der Waals surface area contributed by atoms with E-state index in [9.17, 15) is 14.7 Å². The van der Waals surface area contributed by atoms with Crippen LogP contribution in [0.15, 0.2) is 60.7 Å². The zero-order valence-electron chi connectivity index (χ0n) is 24.1. The summed E-state index contributed by atoms with van der Waals surface area (Å²) < 4.78 is 16.9. The Bertz CT molecular complexity index is 1360. The zero-order chi connectivity index (χ0) is 28.9. The third-order valence-electron chi connectivity index (χ3n) is 8.29. The van der Waals surface area contributed by atoms with Crippen molar-refractivity contribution < 1.29 is 28.9 Å². The van der Waals surface area contributed by atoms with Gasteiger partial charge in [-0.3, -0.25) is 14.5 Å². The van der Waals surface area contributed by atoms with Crippen LogP contribution >= 0.6 is 0 Å². The molecular weight excluding hydrogens is 530 g/mol. The maximum Gasteiger partial charge on any atom is 0.309 e. The third kappa shape index (κ3) is 6.46. The number of carbonyl (C=O) groups excluding carboxylic acids is 1. The molecule has 2 heterocycles. The lowest BCUT2D eigenvalue weighted by Crippen LogP contribution is -2.33. The van der Waals surface area contributed by atoms with Crippen molar-refractivity contribution in [2.75, 3.05) is 26.5 Å². The number of ether oxygens (including phenoxy) is 3. The van der Waals surface area contributed by atoms with Gasteiger partial charge in [-0.1, -0.05) is 64.6 Å². The van der Waals surface area contributed by atoms with Gasteiger partial charge in [-0.15, -0.1) is 0 Å². The molecule has 2 aliphatic heterocycles. The van der Waals surface area contributed by atoms with Gasteiger partial charge in [0.2, 0.25) is 6.79 Å². The van der Waals surface area contributed by atoms with E-state index in [0.29, 0.717) is 31.1 Å². The van der Waals surface area contributed by atoms with Gasteiger partial charge >= 0.3 is 5.97 Å². The Morgan fingerprint density at radius 1 is 0.929 bits per heavy atom. The molecule has 5 rings (SSSR count). The van der Waals surface area contributed by atoms with Gasteiger partial charge in [0, 0.05) is 24.9 Å². The number of hydrogen-bond donors (Lipinski definition) is 1. The molecule has 42 heavy (non-hydrogen) atoms. The summed E-state index contributed by atoms with van der Waals surface area (Å²) in [6.07, 6.45) is 2.97. The molecule has 0 aliphatic carbocycles. The number of rotatable bonds is 12. The second kappa shape index (κ2) is 13.9. The van der Waals surface area contributed by atoms with Crippen molar-refractivity contribution in [1.29, 1.82) is 0 Å². The molecule has 1 N–H and O–H groups in total. The topological polar surface area (TPSA) is 85.3 Å². The molecule has 0 aromatic heterocycles. The van der Waals surface area contributed by atoms with E-state index in [2.05, 4.69) is 43.9 Å². The maximum atomic E-state index is 13.7. The Hall–Kier alpha value is -3.84. The van der Waals surface area contributed by atoms with E-state index in [1.165, 1.54) is 11.1 Å². The molecule has 0 radical (unpaired) electrons. The summed E-state index contributed by atoms with van der Waals surface area (Å²) in [6, 6.07) is 19.1. The van der Waals surface area contributed by atoms with E-state index in [0.717, 1.165) is 41.7 Å². The van der Waals surface area contributed by atoms with Gasteiger partial charge in [0.15, 0.2) is 17.3 Å². The van der Waals surface area contributed by atoms with Crippen molar-refractivity contribution in [3.8, 4) is 17.2 Å². The van der Waals surface area contributed by atoms with Crippen LogP contribution in [-0.2, 0) is 28.9 Å². The Morgan fingerprint density at radius 3 is 2.24 bits per heavy atom. The largest absolute Gasteiger partial charge is 0.494 e. The molecule has 0 saturated carbocycles. The molecule has 7 nitrogen and oxygen atoms in total. The molecule has 1 fully saturated rings. The van der Waals surface area contributed by atoms with Crippen LogP contribution in [0, 0.1) is 5.92 Å². The molecule has 0 bridgehead atoms. The molecule has 224 valence electrons. The van der Waals surface area contributed by atoms with E-state index in [-0.39, 0.29) is 32.5 Å². The Balaban J connectivity index is 0.00000405. The Kier molecular flexibility index (Phi) is 10.3. The minimum atomic E-state index is -0.886. The lowest BCUT2D eigenvalue weighted by molar-refractivity contribution is -0.143. The number of aryl methyl sites for hydroxylation is 2. The molecule has 0 spiro atoms. The van der Waals surface area contributed by atoms with E-state index in [4.69, 9.17) is 14.2 Å². The first-order valence-electron chi connectivity index (χ1n) is 14.6. The summed E-state index contributed by atoms with van der Waals surface area (Å²) in [4.78, 5) is 28.6. The molecule has 0 unspecified atom stereocenters. The second-order valence-corrected chi connectivity index (χ2v) is 10.9. The third-order valence-corrected chi connectivity index (χ3v) is 8.29. The van der Waals surface area contributed by atoms with Gasteiger partial charge in [0.25, 0.3) is 0 Å². The number of carboxylic acids is 1. The number of hydrogen-bond acceptors (Lipinski definition) is 6. The molecule has 1 saturated heterocycles. The number of ketones is 1. The monoisotopic (exact) mass is 573 g/mol. The highest BCUT2D eigenvalue weighted by molar-refractivity contribution is 5.84. The number of fused-ring (bicyclic) bond motifs is 1. The lowest BCUT2D eigenvalue weighted by atomic mass is 9.82. The summed E-state index contributed by atoms with van der Waals surface area (Å²) in [6.45, 7) is 7.66. The highest BCUT2D eigenvalue weighted by atomic mass is 16.7. The van der Waals surface area contributed by atoms with Crippen LogP contribution in [0.4, 0.5) is 0 Å². The summed E-state index contributed by atoms with van der Waals surface area (Å²) in [5.41, 5.74) is 5.23. The molecule has 2 aliphatic rings. The van der Waals surface area contributed by atoms with Crippen molar-refractivity contribution >= 4 is 11.8 Å². The average Bonchev–Trinajstić information content (AvgIpc) is 3.61. The predicted octanol–water partition coefficient (Wildman–Crippen LogP) is 6.62. The fourth-order valence-electron chi connectivity index (χ4n) is 6.31. The number of carboxylic acid groups (broad SMARTS) is 1. The molecule has 7 heteroatoms. The summed E-state index contributed by atoms with van der Waals surface area (Å²) >= 11 is 0. The standard InChI is InChI=1S/C34H39NO6.CH4/c1-4-16-39-27-13-10-24(11-14-27)33-32(34(37)38)29(25-12-15-30-31(17-25)41-21-40-30)20-35(33)19-26(36)18-28-22(5-2)8-7-9-23(28)6-3;/h7-15,17,29,32-33H,4-6,16,18-21H2,1-3H3,(H,37,38);1H4/t29-,32-,33+;/m1./s1. The molecule has 3 atom stereocenters. The molecule has 3 aromatic rings. The van der Waals surface area contributed by atoms with E-state index >= 15 is 0 Å². The fourth-order valence-corrected chi connectivity index (χ4v) is 6.31. The Morgan fingerprint density at radius 2 is 1.60 bits per heavy atom. The number of Topliss-reactive ketones (excluding diaryl/α,β-unsaturated/α-hetero) is 1. The molecule has 3 aromatic carbocycles. The quantitative estimate of drug-likeness (QED) is 0.261. The average molecular weight is 574 g/mol. The minimum absolute atomic E-state index is 0. The van der Waals surface area contributed by atoms with Gasteiger partial charge in [0.1, 0.15) is 5.75 Å². The number of nitrogens with zero attached hydrogens (tertiary/aromatic N) is 1. The van der Waals surface area contributed by atoms with Gasteiger partial charge in [0.05, 0.1) is 19.1 Å². The second-order valence-electron chi connectivity index (χ2n) is 10.9. The zero-order valence-corrected chi connectivity index (χ0v) is 24.1. The van der Waals surface area contributed by atoms with Crippen molar-refractivity contribution in [3.63, 3.8) is 0 Å². The lowest BCUT2D eigenvalue weighted by Gasteiger charge is -2.27. The molecular formula is C35H43NO6. The SMILES string of the molecule is C.CCCOc1ccc([C@H]2[C@H](C(=O)O)[C@@H](c3ccc4c(c3)OCO4)CN2CC(=O)Cc2c(CC)cccc2CC)cc1. The fraction of sp³-hybridized carbons (Fsp3) is 0.429. The van der Waals surface area contributed by atoms with Crippen LogP contribution in [0.2, 0.25) is 0 Å². The highest BCUT2D eigenvalue weighted by Crippen LogP contribution is 2.47. The Labute approximate surface area is 249 Å². The van der Waals surface area contributed by atoms with Crippen LogP contribution < -0.4 is 14.2 Å². The van der Waals surface area contributed by atoms with Crippen LogP contribution in [-0.4, -0.2) is 48.2 Å². The minimum Gasteiger partial charge on any atom is -0.494 e. The molecule has 0 amide bonds. The first-order chi connectivity index (χ1) is 19.9. The first kappa shape index (κ1) is 31.1. The normalized spacial score (nSPS) is 19.4. The van der Waals surface area contributed by atoms with Gasteiger partial charge in [-0.2, -0.15) is 0 Å². The highest BCUT2D eigenvalue weighted by Gasteiger charge is 2.48. The van der Waals surface area contributed by atoms with Crippen LogP contribution in [0.5, 0.6) is 17.2 Å². The first-order valence-corrected chi connectivity index (χ1v) is 14.6. The number of likely N-dealkylation sites (tertiary alicyclic amines) is 1. The summed E-state index contributed by atoms with van der Waals surface area (Å²) in [5, 5.41) is 10.6. The van der Waals surface area contributed by atoms with Crippen molar-refractivity contribution in [1.82, 2.24) is 4.90 Å².